The van der Waals surface area contributed by atoms with E-state index >= 15 is 0 Å². The van der Waals surface area contributed by atoms with Gasteiger partial charge in [0.1, 0.15) is 4.90 Å². The van der Waals surface area contributed by atoms with E-state index in [1.54, 1.807) is 18.7 Å². The van der Waals surface area contributed by atoms with Gasteiger partial charge in [0.25, 0.3) is 0 Å². The molecule has 1 saturated carbocycles. The van der Waals surface area contributed by atoms with Crippen LogP contribution in [0.2, 0.25) is 0 Å². The van der Waals surface area contributed by atoms with E-state index in [-0.39, 0.29) is 0 Å². The molecule has 6 nitrogen and oxygen atoms in total. The quantitative estimate of drug-likeness (QED) is 0.881. The molecular weight excluding hydrogens is 288 g/mol. The number of hydrogen-bond acceptors (Lipinski definition) is 4. The molecule has 1 saturated heterocycles. The van der Waals surface area contributed by atoms with Crippen molar-refractivity contribution in [1.29, 1.82) is 0 Å². The van der Waals surface area contributed by atoms with E-state index in [0.29, 0.717) is 29.2 Å². The Hall–Kier alpha value is -0.920. The van der Waals surface area contributed by atoms with E-state index in [9.17, 15) is 8.42 Å². The molecule has 7 heteroatoms. The third-order valence-electron chi connectivity index (χ3n) is 4.68. The maximum atomic E-state index is 12.4. The Morgan fingerprint density at radius 2 is 2.10 bits per heavy atom. The van der Waals surface area contributed by atoms with Crippen LogP contribution < -0.4 is 4.72 Å². The fourth-order valence-corrected chi connectivity index (χ4v) is 4.43. The summed E-state index contributed by atoms with van der Waals surface area (Å²) in [4.78, 5) is 2.79. The first-order valence-corrected chi connectivity index (χ1v) is 9.21. The van der Waals surface area contributed by atoms with Gasteiger partial charge in [0.05, 0.1) is 11.9 Å². The Morgan fingerprint density at radius 3 is 2.71 bits per heavy atom. The van der Waals surface area contributed by atoms with Crippen molar-refractivity contribution in [3.63, 3.8) is 0 Å². The summed E-state index contributed by atoms with van der Waals surface area (Å²) >= 11 is 0. The second kappa shape index (κ2) is 5.70. The van der Waals surface area contributed by atoms with Gasteiger partial charge in [-0.1, -0.05) is 6.42 Å². The summed E-state index contributed by atoms with van der Waals surface area (Å²) in [7, 11) is -1.70. The van der Waals surface area contributed by atoms with Crippen molar-refractivity contribution >= 4 is 10.0 Å². The number of nitrogens with zero attached hydrogens (tertiary/aromatic N) is 3. The zero-order valence-electron chi connectivity index (χ0n) is 12.7. The highest BCUT2D eigenvalue weighted by molar-refractivity contribution is 7.89. The van der Waals surface area contributed by atoms with Crippen molar-refractivity contribution in [3.8, 4) is 0 Å². The summed E-state index contributed by atoms with van der Waals surface area (Å²) in [5.74, 6) is 0. The Morgan fingerprint density at radius 1 is 1.33 bits per heavy atom. The zero-order chi connectivity index (χ0) is 15.0. The Balaban J connectivity index is 1.67. The van der Waals surface area contributed by atoms with Gasteiger partial charge in [-0.15, -0.1) is 0 Å². The predicted molar refractivity (Wildman–Crippen MR) is 80.5 cm³/mol. The molecule has 3 rings (SSSR count). The van der Waals surface area contributed by atoms with E-state index < -0.39 is 10.0 Å². The Kier molecular flexibility index (Phi) is 4.07. The number of likely N-dealkylation sites (tertiary alicyclic amines) is 1. The highest BCUT2D eigenvalue weighted by Gasteiger charge is 2.35. The number of piperidine rings is 1. The Bertz CT molecular complexity index is 606. The monoisotopic (exact) mass is 312 g/mol. The summed E-state index contributed by atoms with van der Waals surface area (Å²) in [6, 6.07) is 1.04. The number of nitrogens with one attached hydrogen (secondary N) is 1. The molecule has 1 aliphatic carbocycles. The van der Waals surface area contributed by atoms with Crippen LogP contribution in [0.25, 0.3) is 0 Å². The Labute approximate surface area is 126 Å². The lowest BCUT2D eigenvalue weighted by molar-refractivity contribution is 0.141. The number of aryl methyl sites for hydroxylation is 1. The summed E-state index contributed by atoms with van der Waals surface area (Å²) in [6.45, 7) is 3.40. The molecule has 0 bridgehead atoms. The molecule has 2 fully saturated rings. The van der Waals surface area contributed by atoms with Gasteiger partial charge >= 0.3 is 0 Å². The standard InChI is InChI=1S/C14H24N4O2S/c1-11-14(10-15-17(11)2)21(19,20)16-9-13-5-3-4-8-18(13)12-6-7-12/h10,12-13,16H,3-9H2,1-2H3. The topological polar surface area (TPSA) is 67.2 Å². The first-order chi connectivity index (χ1) is 9.99. The normalized spacial score (nSPS) is 24.4. The maximum absolute atomic E-state index is 12.4. The highest BCUT2D eigenvalue weighted by Crippen LogP contribution is 2.32. The van der Waals surface area contributed by atoms with Crippen molar-refractivity contribution in [2.24, 2.45) is 7.05 Å². The third-order valence-corrected chi connectivity index (χ3v) is 6.20. The second-order valence-electron chi connectivity index (χ2n) is 6.19. The van der Waals surface area contributed by atoms with E-state index in [2.05, 4.69) is 14.7 Å². The van der Waals surface area contributed by atoms with Crippen LogP contribution in [0, 0.1) is 6.92 Å². The van der Waals surface area contributed by atoms with Gasteiger partial charge < -0.3 is 0 Å². The molecule has 0 spiro atoms. The molecule has 1 aromatic heterocycles. The van der Waals surface area contributed by atoms with Gasteiger partial charge in [-0.25, -0.2) is 13.1 Å². The van der Waals surface area contributed by atoms with Crippen LogP contribution in [0.3, 0.4) is 0 Å². The molecule has 0 radical (unpaired) electrons. The minimum absolute atomic E-state index is 0.291. The maximum Gasteiger partial charge on any atom is 0.244 e. The van der Waals surface area contributed by atoms with E-state index in [1.165, 1.54) is 31.9 Å². The lowest BCUT2D eigenvalue weighted by Gasteiger charge is -2.35. The van der Waals surface area contributed by atoms with Crippen LogP contribution in [0.4, 0.5) is 0 Å². The number of sulfonamides is 1. The molecule has 1 unspecified atom stereocenters. The molecule has 2 aliphatic rings. The summed E-state index contributed by atoms with van der Waals surface area (Å²) in [5.41, 5.74) is 0.671. The number of rotatable bonds is 5. The van der Waals surface area contributed by atoms with Crippen LogP contribution in [-0.2, 0) is 17.1 Å². The molecule has 1 N–H and O–H groups in total. The van der Waals surface area contributed by atoms with Gasteiger partial charge in [0.2, 0.25) is 10.0 Å². The van der Waals surface area contributed by atoms with Crippen LogP contribution in [0.5, 0.6) is 0 Å². The fourth-order valence-electron chi connectivity index (χ4n) is 3.15. The number of aromatic nitrogens is 2. The van der Waals surface area contributed by atoms with Gasteiger partial charge in [0.15, 0.2) is 0 Å². The van der Waals surface area contributed by atoms with E-state index in [0.717, 1.165) is 13.0 Å². The van der Waals surface area contributed by atoms with Crippen molar-refractivity contribution < 1.29 is 8.42 Å². The molecule has 1 aromatic rings. The van der Waals surface area contributed by atoms with Crippen molar-refractivity contribution in [1.82, 2.24) is 19.4 Å². The summed E-state index contributed by atoms with van der Waals surface area (Å²) < 4.78 is 29.2. The van der Waals surface area contributed by atoms with Crippen LogP contribution >= 0.6 is 0 Å². The zero-order valence-corrected chi connectivity index (χ0v) is 13.6. The molecule has 2 heterocycles. The molecule has 0 amide bonds. The molecule has 1 aliphatic heterocycles. The third kappa shape index (κ3) is 3.14. The van der Waals surface area contributed by atoms with Crippen molar-refractivity contribution in [2.45, 2.75) is 56.0 Å². The summed E-state index contributed by atoms with van der Waals surface area (Å²) in [5, 5.41) is 4.02. The smallest absolute Gasteiger partial charge is 0.244 e. The average molecular weight is 312 g/mol. The molecule has 0 aromatic carbocycles. The minimum atomic E-state index is -3.46. The largest absolute Gasteiger partial charge is 0.296 e. The van der Waals surface area contributed by atoms with Crippen molar-refractivity contribution in [3.05, 3.63) is 11.9 Å². The molecule has 118 valence electrons. The first kappa shape index (κ1) is 15.0. The lowest BCUT2D eigenvalue weighted by atomic mass is 10.0. The SMILES string of the molecule is Cc1c(S(=O)(=O)NCC2CCCCN2C2CC2)cnn1C. The van der Waals surface area contributed by atoms with Crippen LogP contribution in [0.15, 0.2) is 11.1 Å². The second-order valence-corrected chi connectivity index (χ2v) is 7.92. The highest BCUT2D eigenvalue weighted by atomic mass is 32.2. The predicted octanol–water partition coefficient (Wildman–Crippen LogP) is 1.02. The lowest BCUT2D eigenvalue weighted by Crippen LogP contribution is -2.47. The van der Waals surface area contributed by atoms with Crippen LogP contribution in [-0.4, -0.2) is 48.3 Å². The molecular formula is C14H24N4O2S. The van der Waals surface area contributed by atoms with E-state index in [1.807, 2.05) is 0 Å². The van der Waals surface area contributed by atoms with Crippen molar-refractivity contribution in [2.75, 3.05) is 13.1 Å². The van der Waals surface area contributed by atoms with Gasteiger partial charge in [-0.05, 0) is 39.2 Å². The van der Waals surface area contributed by atoms with Crippen LogP contribution in [0.1, 0.15) is 37.8 Å². The van der Waals surface area contributed by atoms with Gasteiger partial charge in [0, 0.05) is 25.7 Å². The van der Waals surface area contributed by atoms with Gasteiger partial charge in [-0.2, -0.15) is 5.10 Å². The fraction of sp³-hybridized carbons (Fsp3) is 0.786. The minimum Gasteiger partial charge on any atom is -0.296 e. The average Bonchev–Trinajstić information content (AvgIpc) is 3.24. The summed E-state index contributed by atoms with van der Waals surface area (Å²) in [6.07, 6.45) is 7.49. The molecule has 1 atom stereocenters. The first-order valence-electron chi connectivity index (χ1n) is 7.73. The molecule has 21 heavy (non-hydrogen) atoms. The van der Waals surface area contributed by atoms with E-state index in [4.69, 9.17) is 0 Å². The van der Waals surface area contributed by atoms with Gasteiger partial charge in [-0.3, -0.25) is 9.58 Å². The number of hydrogen-bond donors (Lipinski definition) is 1.